The highest BCUT2D eigenvalue weighted by atomic mass is 32.1. The van der Waals surface area contributed by atoms with E-state index in [-0.39, 0.29) is 11.5 Å². The predicted molar refractivity (Wildman–Crippen MR) is 112 cm³/mol. The van der Waals surface area contributed by atoms with E-state index in [2.05, 4.69) is 16.3 Å². The molecule has 28 heavy (non-hydrogen) atoms. The van der Waals surface area contributed by atoms with Crippen molar-refractivity contribution >= 4 is 29.0 Å². The number of nitrogens with zero attached hydrogens (tertiary/aromatic N) is 2. The number of hydrogen-bond donors (Lipinski definition) is 1. The molecule has 7 heteroatoms. The van der Waals surface area contributed by atoms with Crippen molar-refractivity contribution in [1.82, 2.24) is 9.47 Å². The van der Waals surface area contributed by atoms with Gasteiger partial charge in [-0.3, -0.25) is 4.79 Å². The summed E-state index contributed by atoms with van der Waals surface area (Å²) in [6, 6.07) is 12.7. The average Bonchev–Trinajstić information content (AvgIpc) is 2.69. The van der Waals surface area contributed by atoms with Crippen molar-refractivity contribution in [2.24, 2.45) is 5.92 Å². The van der Waals surface area contributed by atoms with Crippen molar-refractivity contribution in [3.63, 3.8) is 0 Å². The van der Waals surface area contributed by atoms with E-state index >= 15 is 0 Å². The molecule has 4 rings (SSSR count). The molecule has 2 bridgehead atoms. The zero-order chi connectivity index (χ0) is 19.7. The summed E-state index contributed by atoms with van der Waals surface area (Å²) in [4.78, 5) is 26.1. The fourth-order valence-electron chi connectivity index (χ4n) is 4.17. The summed E-state index contributed by atoms with van der Waals surface area (Å²) in [5, 5.41) is 3.94. The normalized spacial score (nSPS) is 20.2. The number of carbonyl (C=O) groups excluding carboxylic acids is 1. The Labute approximate surface area is 169 Å². The molecule has 2 aliphatic rings. The molecule has 0 spiro atoms. The number of pyridine rings is 1. The predicted octanol–water partition coefficient (Wildman–Crippen LogP) is 2.84. The monoisotopic (exact) mass is 397 g/mol. The van der Waals surface area contributed by atoms with Crippen LogP contribution in [0.1, 0.15) is 35.3 Å². The molecule has 6 nitrogen and oxygen atoms in total. The smallest absolute Gasteiger partial charge is 0.338 e. The molecule has 1 fully saturated rings. The Hall–Kier alpha value is -2.67. The maximum atomic E-state index is 12.1. The summed E-state index contributed by atoms with van der Waals surface area (Å²) in [7, 11) is 0. The second kappa shape index (κ2) is 7.75. The van der Waals surface area contributed by atoms with Gasteiger partial charge in [0.15, 0.2) is 5.11 Å². The van der Waals surface area contributed by atoms with Crippen LogP contribution < -0.4 is 10.9 Å². The molecule has 0 saturated carbocycles. The number of anilines is 1. The number of hydrogen-bond acceptors (Lipinski definition) is 4. The average molecular weight is 398 g/mol. The Morgan fingerprint density at radius 1 is 1.18 bits per heavy atom. The third-order valence-electron chi connectivity index (χ3n) is 5.41. The van der Waals surface area contributed by atoms with E-state index in [0.29, 0.717) is 29.1 Å². The van der Waals surface area contributed by atoms with E-state index in [1.807, 2.05) is 22.8 Å². The Balaban J connectivity index is 1.44. The number of rotatable bonds is 3. The minimum atomic E-state index is -0.325. The molecule has 0 amide bonds. The van der Waals surface area contributed by atoms with Crippen molar-refractivity contribution in [1.29, 1.82) is 0 Å². The number of piperidine rings is 1. The van der Waals surface area contributed by atoms with E-state index < -0.39 is 0 Å². The summed E-state index contributed by atoms with van der Waals surface area (Å²) in [6.07, 6.45) is 1.09. The van der Waals surface area contributed by atoms with Crippen LogP contribution in [0.3, 0.4) is 0 Å². The molecular weight excluding hydrogens is 374 g/mol. The van der Waals surface area contributed by atoms with E-state index in [4.69, 9.17) is 17.0 Å². The van der Waals surface area contributed by atoms with Gasteiger partial charge < -0.3 is 19.5 Å². The van der Waals surface area contributed by atoms with Gasteiger partial charge in [0.25, 0.3) is 5.56 Å². The first-order valence-electron chi connectivity index (χ1n) is 9.58. The van der Waals surface area contributed by atoms with Crippen LogP contribution in [0, 0.1) is 5.92 Å². The van der Waals surface area contributed by atoms with Gasteiger partial charge in [-0.05, 0) is 61.8 Å². The summed E-state index contributed by atoms with van der Waals surface area (Å²) >= 11 is 5.64. The fraction of sp³-hybridized carbons (Fsp3) is 0.381. The molecule has 146 valence electrons. The lowest BCUT2D eigenvalue weighted by molar-refractivity contribution is 0.0526. The molecule has 0 aliphatic carbocycles. The first-order valence-corrected chi connectivity index (χ1v) is 9.99. The summed E-state index contributed by atoms with van der Waals surface area (Å²) in [6.45, 7) is 4.53. The molecule has 2 atom stereocenters. The lowest BCUT2D eigenvalue weighted by Gasteiger charge is -2.43. The van der Waals surface area contributed by atoms with E-state index in [9.17, 15) is 9.59 Å². The molecular formula is C21H23N3O3S. The van der Waals surface area contributed by atoms with Crippen molar-refractivity contribution in [3.8, 4) is 0 Å². The van der Waals surface area contributed by atoms with Crippen molar-refractivity contribution in [2.75, 3.05) is 25.0 Å². The maximum absolute atomic E-state index is 12.1. The number of fused-ring (bicyclic) bond motifs is 4. The highest BCUT2D eigenvalue weighted by Gasteiger charge is 2.35. The highest BCUT2D eigenvalue weighted by molar-refractivity contribution is 7.80. The van der Waals surface area contributed by atoms with Gasteiger partial charge in [0, 0.05) is 43.0 Å². The third-order valence-corrected chi connectivity index (χ3v) is 5.77. The van der Waals surface area contributed by atoms with Crippen LogP contribution in [-0.4, -0.2) is 40.2 Å². The zero-order valence-corrected chi connectivity index (χ0v) is 16.6. The quantitative estimate of drug-likeness (QED) is 0.635. The number of nitrogens with one attached hydrogen (secondary N) is 1. The molecule has 1 N–H and O–H groups in total. The van der Waals surface area contributed by atoms with Gasteiger partial charge in [-0.25, -0.2) is 4.79 Å². The van der Waals surface area contributed by atoms with Crippen LogP contribution >= 0.6 is 12.2 Å². The lowest BCUT2D eigenvalue weighted by atomic mass is 9.83. The minimum absolute atomic E-state index is 0.0861. The highest BCUT2D eigenvalue weighted by Crippen LogP contribution is 2.35. The van der Waals surface area contributed by atoms with Crippen LogP contribution in [0.5, 0.6) is 0 Å². The largest absolute Gasteiger partial charge is 0.462 e. The number of ether oxygens (including phenoxy) is 1. The summed E-state index contributed by atoms with van der Waals surface area (Å²) in [5.74, 6) is 0.402. The van der Waals surface area contributed by atoms with Gasteiger partial charge in [-0.15, -0.1) is 0 Å². The maximum Gasteiger partial charge on any atom is 0.338 e. The Morgan fingerprint density at radius 2 is 1.96 bits per heavy atom. The number of esters is 1. The van der Waals surface area contributed by atoms with E-state index in [0.717, 1.165) is 37.4 Å². The van der Waals surface area contributed by atoms with Crippen molar-refractivity contribution in [2.45, 2.75) is 25.8 Å². The lowest BCUT2D eigenvalue weighted by Crippen LogP contribution is -2.50. The number of benzene rings is 1. The minimum Gasteiger partial charge on any atom is -0.462 e. The number of likely N-dealkylation sites (tertiary alicyclic amines) is 1. The molecule has 1 aromatic carbocycles. The number of carbonyl (C=O) groups is 1. The molecule has 2 aliphatic heterocycles. The van der Waals surface area contributed by atoms with Crippen molar-refractivity contribution in [3.05, 3.63) is 64.1 Å². The second-order valence-electron chi connectivity index (χ2n) is 7.33. The fourth-order valence-corrected chi connectivity index (χ4v) is 4.44. The van der Waals surface area contributed by atoms with Gasteiger partial charge in [0.2, 0.25) is 0 Å². The van der Waals surface area contributed by atoms with Crippen LogP contribution in [0.4, 0.5) is 5.69 Å². The topological polar surface area (TPSA) is 63.6 Å². The van der Waals surface area contributed by atoms with Crippen LogP contribution in [0.2, 0.25) is 0 Å². The zero-order valence-electron chi connectivity index (χ0n) is 15.8. The van der Waals surface area contributed by atoms with E-state index in [1.54, 1.807) is 25.1 Å². The first kappa shape index (κ1) is 18.7. The van der Waals surface area contributed by atoms with Gasteiger partial charge in [0.05, 0.1) is 12.2 Å². The van der Waals surface area contributed by atoms with Gasteiger partial charge in [-0.1, -0.05) is 6.07 Å². The summed E-state index contributed by atoms with van der Waals surface area (Å²) in [5.41, 5.74) is 2.55. The Kier molecular flexibility index (Phi) is 5.17. The standard InChI is InChI=1S/C21H23N3O3S/c1-2-27-20(26)15-6-8-17(9-7-15)22-21(28)23-11-14-10-16(13-23)18-4-3-5-19(25)24(18)12-14/h3-9,14,16H,2,10-13H2,1H3,(H,22,28)/t14-,16?/m0/s1. The number of thiocarbonyl (C=S) groups is 1. The second-order valence-corrected chi connectivity index (χ2v) is 7.72. The van der Waals surface area contributed by atoms with Gasteiger partial charge >= 0.3 is 5.97 Å². The van der Waals surface area contributed by atoms with Crippen LogP contribution in [0.15, 0.2) is 47.3 Å². The number of aromatic nitrogens is 1. The van der Waals surface area contributed by atoms with Crippen LogP contribution in [-0.2, 0) is 11.3 Å². The van der Waals surface area contributed by atoms with Gasteiger partial charge in [-0.2, -0.15) is 0 Å². The molecule has 2 aromatic rings. The molecule has 1 unspecified atom stereocenters. The Bertz CT molecular complexity index is 954. The van der Waals surface area contributed by atoms with Crippen LogP contribution in [0.25, 0.3) is 0 Å². The SMILES string of the molecule is CCOC(=O)c1ccc(NC(=S)N2CC3C[C@@H](C2)Cn2c3cccc2=O)cc1. The summed E-state index contributed by atoms with van der Waals surface area (Å²) < 4.78 is 6.92. The van der Waals surface area contributed by atoms with Crippen molar-refractivity contribution < 1.29 is 9.53 Å². The first-order chi connectivity index (χ1) is 13.5. The van der Waals surface area contributed by atoms with E-state index in [1.165, 1.54) is 0 Å². The van der Waals surface area contributed by atoms with Gasteiger partial charge in [0.1, 0.15) is 0 Å². The molecule has 3 heterocycles. The molecule has 1 aromatic heterocycles. The Morgan fingerprint density at radius 3 is 2.71 bits per heavy atom. The third kappa shape index (κ3) is 3.67. The molecule has 0 radical (unpaired) electrons. The molecule has 1 saturated heterocycles.